The van der Waals surface area contributed by atoms with E-state index in [0.717, 1.165) is 24.9 Å². The fourth-order valence-corrected chi connectivity index (χ4v) is 4.25. The van der Waals surface area contributed by atoms with Gasteiger partial charge in [0.05, 0.1) is 0 Å². The van der Waals surface area contributed by atoms with Gasteiger partial charge in [-0.15, -0.1) is 0 Å². The molecule has 130 valence electrons. The van der Waals surface area contributed by atoms with Crippen molar-refractivity contribution in [3.63, 3.8) is 0 Å². The maximum Gasteiger partial charge on any atom is 0.251 e. The maximum atomic E-state index is 12.6. The Balaban J connectivity index is 1.49. The van der Waals surface area contributed by atoms with E-state index in [1.54, 1.807) is 6.07 Å². The summed E-state index contributed by atoms with van der Waals surface area (Å²) in [6.07, 6.45) is 7.80. The quantitative estimate of drug-likeness (QED) is 0.922. The Labute approximate surface area is 144 Å². The van der Waals surface area contributed by atoms with Crippen molar-refractivity contribution < 1.29 is 9.59 Å². The Morgan fingerprint density at radius 1 is 1.17 bits per heavy atom. The van der Waals surface area contributed by atoms with E-state index in [4.69, 9.17) is 0 Å². The molecule has 1 aliphatic carbocycles. The van der Waals surface area contributed by atoms with E-state index in [0.29, 0.717) is 30.5 Å². The third-order valence-corrected chi connectivity index (χ3v) is 5.47. The van der Waals surface area contributed by atoms with Crippen LogP contribution in [0.3, 0.4) is 0 Å². The Hall–Kier alpha value is -1.84. The second-order valence-corrected chi connectivity index (χ2v) is 7.22. The maximum absolute atomic E-state index is 12.6. The summed E-state index contributed by atoms with van der Waals surface area (Å²) >= 11 is 0. The van der Waals surface area contributed by atoms with Gasteiger partial charge in [-0.25, -0.2) is 0 Å². The average Bonchev–Trinajstić information content (AvgIpc) is 2.61. The van der Waals surface area contributed by atoms with Crippen LogP contribution in [0.5, 0.6) is 0 Å². The first-order chi connectivity index (χ1) is 11.6. The first kappa shape index (κ1) is 17.0. The molecule has 1 aromatic rings. The number of amides is 2. The third kappa shape index (κ3) is 3.97. The zero-order chi connectivity index (χ0) is 16.9. The van der Waals surface area contributed by atoms with Gasteiger partial charge in [0.1, 0.15) is 0 Å². The van der Waals surface area contributed by atoms with Gasteiger partial charge in [-0.2, -0.15) is 0 Å². The molecule has 1 aliphatic heterocycles. The summed E-state index contributed by atoms with van der Waals surface area (Å²) in [7, 11) is 0. The van der Waals surface area contributed by atoms with E-state index in [-0.39, 0.29) is 11.8 Å². The molecule has 0 spiro atoms. The average molecular weight is 328 g/mol. The van der Waals surface area contributed by atoms with Gasteiger partial charge in [0.25, 0.3) is 5.91 Å². The molecule has 3 rings (SSSR count). The highest BCUT2D eigenvalue weighted by Crippen LogP contribution is 2.35. The van der Waals surface area contributed by atoms with Crippen molar-refractivity contribution >= 4 is 11.8 Å². The number of nitrogens with zero attached hydrogens (tertiary/aromatic N) is 1. The Bertz CT molecular complexity index is 597. The van der Waals surface area contributed by atoms with Crippen molar-refractivity contribution in [3.05, 3.63) is 35.4 Å². The summed E-state index contributed by atoms with van der Waals surface area (Å²) < 4.78 is 0. The van der Waals surface area contributed by atoms with Gasteiger partial charge in [-0.1, -0.05) is 30.5 Å². The molecule has 4 heteroatoms. The lowest BCUT2D eigenvalue weighted by atomic mass is 9.78. The molecule has 2 amide bonds. The number of hydrogen-bond acceptors (Lipinski definition) is 2. The predicted molar refractivity (Wildman–Crippen MR) is 94.8 cm³/mol. The van der Waals surface area contributed by atoms with Crippen LogP contribution in [0.2, 0.25) is 0 Å². The largest absolute Gasteiger partial charge is 0.352 e. The van der Waals surface area contributed by atoms with Gasteiger partial charge in [-0.3, -0.25) is 9.59 Å². The lowest BCUT2D eigenvalue weighted by molar-refractivity contribution is -0.137. The zero-order valence-corrected chi connectivity index (χ0v) is 14.6. The standard InChI is InChI=1S/C20H28N2O2/c1-15-6-4-8-17(14-15)20(24)21-12-11-19(23)22-13-5-9-16-7-2-3-10-18(16)22/h4,6,8,14,16,18H,2-3,5,7,9-13H2,1H3,(H,21,24). The Morgan fingerprint density at radius 2 is 1.96 bits per heavy atom. The van der Waals surface area contributed by atoms with E-state index < -0.39 is 0 Å². The molecule has 0 radical (unpaired) electrons. The number of aryl methyl sites for hydroxylation is 1. The monoisotopic (exact) mass is 328 g/mol. The molecule has 2 unspecified atom stereocenters. The molecule has 1 saturated heterocycles. The Kier molecular flexibility index (Phi) is 5.54. The van der Waals surface area contributed by atoms with Crippen molar-refractivity contribution in [1.29, 1.82) is 0 Å². The van der Waals surface area contributed by atoms with E-state index in [1.165, 1.54) is 25.7 Å². The number of hydrogen-bond donors (Lipinski definition) is 1. The van der Waals surface area contributed by atoms with Gasteiger partial charge in [0, 0.05) is 31.1 Å². The second kappa shape index (κ2) is 7.82. The van der Waals surface area contributed by atoms with E-state index in [1.807, 2.05) is 25.1 Å². The summed E-state index contributed by atoms with van der Waals surface area (Å²) in [5.74, 6) is 0.815. The highest BCUT2D eigenvalue weighted by atomic mass is 16.2. The van der Waals surface area contributed by atoms with Crippen molar-refractivity contribution in [2.45, 2.75) is 57.9 Å². The highest BCUT2D eigenvalue weighted by Gasteiger charge is 2.35. The summed E-state index contributed by atoms with van der Waals surface area (Å²) in [6.45, 7) is 3.28. The fourth-order valence-electron chi connectivity index (χ4n) is 4.25. The number of benzene rings is 1. The van der Waals surface area contributed by atoms with E-state index in [2.05, 4.69) is 10.2 Å². The molecular weight excluding hydrogens is 300 g/mol. The number of piperidine rings is 1. The number of rotatable bonds is 4. The van der Waals surface area contributed by atoms with Crippen LogP contribution < -0.4 is 5.32 Å². The first-order valence-electron chi connectivity index (χ1n) is 9.29. The minimum Gasteiger partial charge on any atom is -0.352 e. The summed E-state index contributed by atoms with van der Waals surface area (Å²) in [6, 6.07) is 7.98. The van der Waals surface area contributed by atoms with Gasteiger partial charge in [0.2, 0.25) is 5.91 Å². The van der Waals surface area contributed by atoms with Crippen molar-refractivity contribution in [2.24, 2.45) is 5.92 Å². The lowest BCUT2D eigenvalue weighted by Crippen LogP contribution is -2.50. The molecule has 1 N–H and O–H groups in total. The Morgan fingerprint density at radius 3 is 2.79 bits per heavy atom. The molecular formula is C20H28N2O2. The van der Waals surface area contributed by atoms with Crippen LogP contribution in [0.4, 0.5) is 0 Å². The van der Waals surface area contributed by atoms with E-state index >= 15 is 0 Å². The molecule has 1 saturated carbocycles. The third-order valence-electron chi connectivity index (χ3n) is 5.47. The molecule has 2 aliphatic rings. The van der Waals surface area contributed by atoms with Crippen LogP contribution in [0.15, 0.2) is 24.3 Å². The van der Waals surface area contributed by atoms with Crippen LogP contribution in [0.25, 0.3) is 0 Å². The van der Waals surface area contributed by atoms with Crippen LogP contribution >= 0.6 is 0 Å². The number of nitrogens with one attached hydrogen (secondary N) is 1. The second-order valence-electron chi connectivity index (χ2n) is 7.22. The molecule has 2 atom stereocenters. The van der Waals surface area contributed by atoms with Crippen molar-refractivity contribution in [2.75, 3.05) is 13.1 Å². The minimum atomic E-state index is -0.0966. The molecule has 2 fully saturated rings. The van der Waals surface area contributed by atoms with Gasteiger partial charge in [-0.05, 0) is 50.7 Å². The molecule has 1 aromatic carbocycles. The summed E-state index contributed by atoms with van der Waals surface area (Å²) in [5.41, 5.74) is 1.73. The predicted octanol–water partition coefficient (Wildman–Crippen LogP) is 3.30. The normalized spacial score (nSPS) is 23.5. The highest BCUT2D eigenvalue weighted by molar-refractivity contribution is 5.94. The summed E-state index contributed by atoms with van der Waals surface area (Å²) in [5, 5.41) is 2.88. The van der Waals surface area contributed by atoms with Crippen molar-refractivity contribution in [1.82, 2.24) is 10.2 Å². The van der Waals surface area contributed by atoms with Crippen LogP contribution in [-0.2, 0) is 4.79 Å². The number of carbonyl (C=O) groups excluding carboxylic acids is 2. The molecule has 1 heterocycles. The zero-order valence-electron chi connectivity index (χ0n) is 14.6. The molecule has 4 nitrogen and oxygen atoms in total. The van der Waals surface area contributed by atoms with E-state index in [9.17, 15) is 9.59 Å². The van der Waals surface area contributed by atoms with Gasteiger partial charge in [0.15, 0.2) is 0 Å². The number of likely N-dealkylation sites (tertiary alicyclic amines) is 1. The van der Waals surface area contributed by atoms with Crippen LogP contribution in [-0.4, -0.2) is 35.8 Å². The lowest BCUT2D eigenvalue weighted by Gasteiger charge is -2.44. The molecule has 0 aromatic heterocycles. The molecule has 24 heavy (non-hydrogen) atoms. The topological polar surface area (TPSA) is 49.4 Å². The van der Waals surface area contributed by atoms with Crippen molar-refractivity contribution in [3.8, 4) is 0 Å². The summed E-state index contributed by atoms with van der Waals surface area (Å²) in [4.78, 5) is 26.8. The smallest absolute Gasteiger partial charge is 0.251 e. The van der Waals surface area contributed by atoms with Crippen LogP contribution in [0.1, 0.15) is 60.9 Å². The number of carbonyl (C=O) groups is 2. The van der Waals surface area contributed by atoms with Crippen LogP contribution in [0, 0.1) is 12.8 Å². The fraction of sp³-hybridized carbons (Fsp3) is 0.600. The molecule has 0 bridgehead atoms. The first-order valence-corrected chi connectivity index (χ1v) is 9.29. The van der Waals surface area contributed by atoms with Gasteiger partial charge < -0.3 is 10.2 Å². The SMILES string of the molecule is Cc1cccc(C(=O)NCCC(=O)N2CCCC3CCCCC32)c1. The van der Waals surface area contributed by atoms with Gasteiger partial charge >= 0.3 is 0 Å². The number of fused-ring (bicyclic) bond motifs is 1. The minimum absolute atomic E-state index is 0.0966.